The Hall–Kier alpha value is -1.56. The van der Waals surface area contributed by atoms with Gasteiger partial charge in [-0.05, 0) is 88.5 Å². The largest absolute Gasteiger partial charge is 0.100 e. The van der Waals surface area contributed by atoms with Gasteiger partial charge in [0.1, 0.15) is 0 Å². The molecule has 2 saturated carbocycles. The van der Waals surface area contributed by atoms with Gasteiger partial charge in [0.25, 0.3) is 0 Å². The minimum Gasteiger partial charge on any atom is -0.100 e. The summed E-state index contributed by atoms with van der Waals surface area (Å²) >= 11 is 0. The normalized spacial score (nSPS) is 34.9. The van der Waals surface area contributed by atoms with Gasteiger partial charge in [-0.25, -0.2) is 0 Å². The Balaban J connectivity index is 0.000000605. The van der Waals surface area contributed by atoms with Crippen molar-refractivity contribution in [1.82, 2.24) is 0 Å². The molecule has 0 heterocycles. The maximum Gasteiger partial charge on any atom is 0.0281 e. The van der Waals surface area contributed by atoms with Crippen molar-refractivity contribution in [2.24, 2.45) is 28.6 Å². The lowest BCUT2D eigenvalue weighted by atomic mass is 9.52. The van der Waals surface area contributed by atoms with Crippen molar-refractivity contribution >= 4 is 0 Å². The fourth-order valence-corrected chi connectivity index (χ4v) is 6.86. The van der Waals surface area contributed by atoms with Gasteiger partial charge in [-0.15, -0.1) is 6.58 Å². The second-order valence-corrected chi connectivity index (χ2v) is 10.7. The first-order valence-electron chi connectivity index (χ1n) is 13.7. The van der Waals surface area contributed by atoms with Crippen LogP contribution in [0.5, 0.6) is 0 Å². The van der Waals surface area contributed by atoms with Crippen LogP contribution in [0.2, 0.25) is 0 Å². The van der Waals surface area contributed by atoms with Crippen LogP contribution in [0.25, 0.3) is 0 Å². The van der Waals surface area contributed by atoms with E-state index < -0.39 is 0 Å². The molecule has 0 spiro atoms. The first-order chi connectivity index (χ1) is 15.5. The molecular weight excluding hydrogens is 396 g/mol. The molecule has 0 N–H and O–H groups in total. The van der Waals surface area contributed by atoms with E-state index in [0.29, 0.717) is 5.41 Å². The molecule has 0 aliphatic heterocycles. The molecule has 2 fully saturated rings. The molecule has 0 heteroatoms. The summed E-state index contributed by atoms with van der Waals surface area (Å²) in [5.41, 5.74) is 9.66. The van der Waals surface area contributed by atoms with Gasteiger partial charge in [-0.1, -0.05) is 107 Å². The topological polar surface area (TPSA) is 0 Å². The van der Waals surface area contributed by atoms with E-state index in [1.54, 1.807) is 22.3 Å². The fourth-order valence-electron chi connectivity index (χ4n) is 6.86. The molecule has 4 unspecified atom stereocenters. The predicted octanol–water partition coefficient (Wildman–Crippen LogP) is 10.8. The Labute approximate surface area is 207 Å². The van der Waals surface area contributed by atoms with Crippen molar-refractivity contribution in [3.63, 3.8) is 0 Å². The van der Waals surface area contributed by atoms with E-state index in [-0.39, 0.29) is 5.41 Å². The van der Waals surface area contributed by atoms with Crippen LogP contribution in [0, 0.1) is 28.6 Å². The van der Waals surface area contributed by atoms with Gasteiger partial charge in [-0.2, -0.15) is 0 Å². The molecule has 0 amide bonds. The minimum absolute atomic E-state index is 0.154. The van der Waals surface area contributed by atoms with Gasteiger partial charge in [0, 0.05) is 5.41 Å². The Kier molecular flexibility index (Phi) is 10.9. The zero-order valence-electron chi connectivity index (χ0n) is 24.0. The monoisotopic (exact) mass is 450 g/mol. The molecule has 33 heavy (non-hydrogen) atoms. The van der Waals surface area contributed by atoms with Crippen molar-refractivity contribution in [2.45, 2.75) is 108 Å². The highest BCUT2D eigenvalue weighted by atomic mass is 14.6. The van der Waals surface area contributed by atoms with E-state index >= 15 is 0 Å². The van der Waals surface area contributed by atoms with Gasteiger partial charge < -0.3 is 0 Å². The number of fused-ring (bicyclic) bond motifs is 5. The second kappa shape index (κ2) is 12.2. The average Bonchev–Trinajstić information content (AvgIpc) is 3.06. The van der Waals surface area contributed by atoms with E-state index in [1.807, 2.05) is 41.5 Å². The summed E-state index contributed by atoms with van der Waals surface area (Å²) in [5, 5.41) is 0. The lowest BCUT2D eigenvalue weighted by molar-refractivity contribution is 0.156. The molecule has 5 atom stereocenters. The quantitative estimate of drug-likeness (QED) is 0.348. The van der Waals surface area contributed by atoms with Gasteiger partial charge >= 0.3 is 0 Å². The van der Waals surface area contributed by atoms with Crippen LogP contribution in [0.3, 0.4) is 0 Å². The van der Waals surface area contributed by atoms with Gasteiger partial charge in [-0.3, -0.25) is 0 Å². The number of rotatable bonds is 1. The van der Waals surface area contributed by atoms with Gasteiger partial charge in [0.2, 0.25) is 0 Å². The lowest BCUT2D eigenvalue weighted by Gasteiger charge is -2.52. The smallest absolute Gasteiger partial charge is 0.0281 e. The van der Waals surface area contributed by atoms with E-state index in [4.69, 9.17) is 0 Å². The Morgan fingerprint density at radius 1 is 1.09 bits per heavy atom. The maximum absolute atomic E-state index is 4.16. The van der Waals surface area contributed by atoms with Crippen LogP contribution in [0.15, 0.2) is 70.9 Å². The first-order valence-corrected chi connectivity index (χ1v) is 13.7. The molecule has 0 nitrogen and oxygen atoms in total. The summed E-state index contributed by atoms with van der Waals surface area (Å²) < 4.78 is 0. The molecule has 0 aromatic carbocycles. The summed E-state index contributed by atoms with van der Waals surface area (Å²) in [6.45, 7) is 31.9. The van der Waals surface area contributed by atoms with Crippen LogP contribution in [-0.2, 0) is 0 Å². The molecule has 0 aromatic heterocycles. The fraction of sp³-hybridized carbons (Fsp3) is 0.636. The van der Waals surface area contributed by atoms with Crippen LogP contribution < -0.4 is 0 Å². The predicted molar refractivity (Wildman–Crippen MR) is 151 cm³/mol. The maximum atomic E-state index is 4.16. The zero-order chi connectivity index (χ0) is 25.6. The highest BCUT2D eigenvalue weighted by Gasteiger charge is 2.55. The summed E-state index contributed by atoms with van der Waals surface area (Å²) in [4.78, 5) is 0. The molecule has 4 aliphatic rings. The molecule has 0 aromatic rings. The first kappa shape index (κ1) is 29.5. The number of allylic oxidation sites excluding steroid dienone is 10. The van der Waals surface area contributed by atoms with Crippen molar-refractivity contribution in [3.8, 4) is 0 Å². The summed E-state index contributed by atoms with van der Waals surface area (Å²) in [5.74, 6) is 2.35. The van der Waals surface area contributed by atoms with Crippen molar-refractivity contribution in [2.75, 3.05) is 0 Å². The summed E-state index contributed by atoms with van der Waals surface area (Å²) in [6, 6.07) is 0. The second-order valence-electron chi connectivity index (χ2n) is 10.7. The third-order valence-electron chi connectivity index (χ3n) is 8.14. The molecular formula is C33H54. The van der Waals surface area contributed by atoms with Crippen LogP contribution in [0.1, 0.15) is 108 Å². The standard InChI is InChI=1S/C25H34.C4H8.2C2H6/c1-7-17(3)23-18(4)15-22-20-9-8-19-14-16(2)10-12-24(19,5)21(20)11-13-25(22,23)6;1-4(2)3;2*1-2/h10-12,14,18,20,22H,2,7-9,13,15H2,1,3-6H3;1H2,2-3H3;2*1-2H3/b23-17+;;;/t18-,20?,22?,24?,25?;;;/m1.../s1. The average molecular weight is 451 g/mol. The molecule has 4 rings (SSSR count). The van der Waals surface area contributed by atoms with E-state index in [1.165, 1.54) is 43.3 Å². The molecule has 0 bridgehead atoms. The minimum atomic E-state index is 0.154. The third-order valence-corrected chi connectivity index (χ3v) is 8.14. The SMILES string of the molecule is C=C(C)C.C=C1C=CC2(C)C(=C1)CCC1C2=CCC2(C)/C(=C(\C)CC)[C@H](C)CC12.CC.CC. The lowest BCUT2D eigenvalue weighted by Crippen LogP contribution is -2.42. The number of hydrogen-bond donors (Lipinski definition) is 0. The molecule has 0 saturated heterocycles. The zero-order valence-corrected chi connectivity index (χ0v) is 24.0. The van der Waals surface area contributed by atoms with Crippen molar-refractivity contribution < 1.29 is 0 Å². The van der Waals surface area contributed by atoms with Gasteiger partial charge in [0.15, 0.2) is 0 Å². The van der Waals surface area contributed by atoms with Crippen LogP contribution >= 0.6 is 0 Å². The highest BCUT2D eigenvalue weighted by Crippen LogP contribution is 2.65. The van der Waals surface area contributed by atoms with Gasteiger partial charge in [0.05, 0.1) is 0 Å². The Morgan fingerprint density at radius 3 is 2.21 bits per heavy atom. The summed E-state index contributed by atoms with van der Waals surface area (Å²) in [7, 11) is 0. The van der Waals surface area contributed by atoms with E-state index in [0.717, 1.165) is 17.8 Å². The summed E-state index contributed by atoms with van der Waals surface area (Å²) in [6.07, 6.45) is 16.1. The van der Waals surface area contributed by atoms with Crippen molar-refractivity contribution in [1.29, 1.82) is 0 Å². The van der Waals surface area contributed by atoms with E-state index in [9.17, 15) is 0 Å². The Morgan fingerprint density at radius 2 is 1.67 bits per heavy atom. The van der Waals surface area contributed by atoms with Crippen LogP contribution in [0.4, 0.5) is 0 Å². The molecule has 0 radical (unpaired) electrons. The number of hydrogen-bond acceptors (Lipinski definition) is 0. The molecule has 4 aliphatic carbocycles. The van der Waals surface area contributed by atoms with E-state index in [2.05, 4.69) is 72.1 Å². The molecule has 186 valence electrons. The third kappa shape index (κ3) is 5.75. The van der Waals surface area contributed by atoms with Crippen molar-refractivity contribution in [3.05, 3.63) is 70.9 Å². The Bertz CT molecular complexity index is 822. The highest BCUT2D eigenvalue weighted by molar-refractivity contribution is 5.51. The van der Waals surface area contributed by atoms with Crippen LogP contribution in [-0.4, -0.2) is 0 Å².